The highest BCUT2D eigenvalue weighted by molar-refractivity contribution is 5.85. The standard InChI is InChI=1S/C12H11N3O2.C5H7N3.C5H6N2O.C4H8O.19H2/c1-9-7-11(14-8-13-9)15-12(16)17-10-5-3-2-4-6-10;1-4-2-5(6)8-3-7-4;1-4-2-5(8)7-3-6-4;1-2-4-5-3-1;;;;;;;;;;;;;;;;;;;/h2-8H,1H3,(H,13,14,15,16);2-3H,1H3,(H2,6,7,8);2-3H,1H3,(H,6,7,8);1-4H2;19*1H/i;;;;18*1+1D;1+1. The Kier molecular flexibility index (Phi) is 5.64. The Bertz CT molecular complexity index is 1350. The zero-order chi connectivity index (χ0) is 63.6. The van der Waals surface area contributed by atoms with Crippen molar-refractivity contribution in [2.45, 2.75) is 33.6 Å². The molecule has 4 aromatic rings. The van der Waals surface area contributed by atoms with Gasteiger partial charge in [0.05, 0.1) is 6.33 Å². The van der Waals surface area contributed by atoms with Gasteiger partial charge in [0.2, 0.25) is 0 Å². The van der Waals surface area contributed by atoms with Crippen LogP contribution in [0.1, 0.15) is 84.8 Å². The lowest BCUT2D eigenvalue weighted by molar-refractivity contribution is 0.198. The Hall–Kier alpha value is -4.71. The minimum Gasteiger partial charge on any atom is -0.410 e. The number of nitrogens with two attached hydrogens (primary N) is 1. The number of anilines is 2. The molecule has 1 fully saturated rings. The third-order valence-corrected chi connectivity index (χ3v) is 4.45. The second kappa shape index (κ2) is 16.9. The number of nitrogens with zero attached hydrogens (tertiary/aromatic N) is 5. The Morgan fingerprint density at radius 3 is 2.05 bits per heavy atom. The van der Waals surface area contributed by atoms with Crippen LogP contribution in [0.3, 0.4) is 0 Å². The first-order valence-corrected chi connectivity index (χ1v) is 11.8. The zero-order valence-electron chi connectivity index (χ0n) is 57.6. The van der Waals surface area contributed by atoms with Crippen LogP contribution in [0.15, 0.2) is 72.3 Å². The van der Waals surface area contributed by atoms with Gasteiger partial charge in [-0.2, -0.15) is 0 Å². The molecule has 5 rings (SSSR count). The highest BCUT2D eigenvalue weighted by Crippen LogP contribution is 2.10. The number of hydrogen-bond donors (Lipinski definition) is 3. The topological polar surface area (TPSA) is 171 Å². The normalized spacial score (nSPS) is 15.1. The fraction of sp³-hybridized carbons (Fsp3) is 0.269. The quantitative estimate of drug-likeness (QED) is 0.204. The molecule has 1 aliphatic rings. The monoisotopic (exact) mass is 596 g/mol. The molecule has 0 radical (unpaired) electrons. The van der Waals surface area contributed by atoms with Crippen LogP contribution in [0.2, 0.25) is 0 Å². The van der Waals surface area contributed by atoms with E-state index < -0.39 is 6.09 Å². The number of nitrogens with one attached hydrogen (secondary N) is 2. The van der Waals surface area contributed by atoms with Crippen molar-refractivity contribution < 1.29 is 69.1 Å². The van der Waals surface area contributed by atoms with Crippen LogP contribution in [-0.2, 0) is 4.74 Å². The van der Waals surface area contributed by atoms with Gasteiger partial charge in [-0.15, -0.1) is 0 Å². The van der Waals surface area contributed by atoms with Crippen LogP contribution in [0.5, 0.6) is 5.75 Å². The Balaban J connectivity index is -0.0000000309. The lowest BCUT2D eigenvalue weighted by atomic mass is 10.3. The molecular weight excluding hydrogens is 488 g/mol. The smallest absolute Gasteiger partial charge is 0.410 e. The minimum absolute atomic E-state index is 0. The van der Waals surface area contributed by atoms with E-state index in [4.69, 9.17) is 68.7 Å². The number of aromatic nitrogens is 6. The van der Waals surface area contributed by atoms with Gasteiger partial charge in [0.15, 0.2) is 0 Å². The van der Waals surface area contributed by atoms with Gasteiger partial charge in [-0.3, -0.25) is 10.1 Å². The number of H-pyrrole nitrogens is 1. The number of ether oxygens (including phenoxy) is 2. The van der Waals surface area contributed by atoms with Crippen molar-refractivity contribution in [2.75, 3.05) is 24.3 Å². The van der Waals surface area contributed by atoms with Gasteiger partial charge < -0.3 is 20.2 Å². The molecule has 3 aromatic heterocycles. The van der Waals surface area contributed by atoms with E-state index in [9.17, 15) is 9.59 Å². The van der Waals surface area contributed by atoms with Crippen LogP contribution < -0.4 is 21.3 Å². The molecule has 0 aliphatic carbocycles. The van der Waals surface area contributed by atoms with E-state index in [0.29, 0.717) is 17.4 Å². The molecule has 12 nitrogen and oxygen atoms in total. The van der Waals surface area contributed by atoms with E-state index in [1.807, 2.05) is 19.9 Å². The maximum Gasteiger partial charge on any atom is 0.418 e. The highest BCUT2D eigenvalue weighted by Gasteiger charge is 2.05. The van der Waals surface area contributed by atoms with Gasteiger partial charge in [-0.05, 0) is 45.7 Å². The molecule has 0 atom stereocenters. The maximum atomic E-state index is 11.5. The summed E-state index contributed by atoms with van der Waals surface area (Å²) in [7, 11) is 0. The number of carbonyl (C=O) groups is 1. The van der Waals surface area contributed by atoms with E-state index >= 15 is 0 Å². The highest BCUT2D eigenvalue weighted by atomic mass is 16.6. The van der Waals surface area contributed by atoms with E-state index in [1.54, 1.807) is 43.3 Å². The van der Waals surface area contributed by atoms with E-state index in [-0.39, 0.29) is 6.99 Å². The summed E-state index contributed by atoms with van der Waals surface area (Å²) in [6.45, 7) is 7.46. The summed E-state index contributed by atoms with van der Waals surface area (Å²) in [5.74, 6) is 1.42. The number of amides is 1. The van der Waals surface area contributed by atoms with Gasteiger partial charge in [0, 0.05) is 103 Å². The average molecular weight is 596 g/mol. The molecule has 38 heavy (non-hydrogen) atoms. The number of rotatable bonds is 2. The van der Waals surface area contributed by atoms with Gasteiger partial charge in [-0.1, -0.05) is 18.2 Å². The van der Waals surface area contributed by atoms with Crippen LogP contribution >= 0.6 is 0 Å². The molecular formula is C26H70N8O4. The molecule has 1 aliphatic heterocycles. The molecule has 1 aromatic carbocycles. The molecule has 4 N–H and O–H groups in total. The van der Waals surface area contributed by atoms with E-state index in [1.165, 1.54) is 37.9 Å². The summed E-state index contributed by atoms with van der Waals surface area (Å²) >= 11 is 0. The molecule has 0 saturated carbocycles. The van der Waals surface area contributed by atoms with Gasteiger partial charge >= 0.3 is 6.09 Å². The van der Waals surface area contributed by atoms with Gasteiger partial charge in [-0.25, -0.2) is 29.7 Å². The molecule has 1 saturated heterocycles. The van der Waals surface area contributed by atoms with E-state index in [2.05, 4.69) is 35.2 Å². The fourth-order valence-electron chi connectivity index (χ4n) is 2.70. The number of benzene rings is 1. The van der Waals surface area contributed by atoms with Crippen LogP contribution in [0, 0.1) is 20.8 Å². The molecule has 4 heterocycles. The second-order valence-corrected chi connectivity index (χ2v) is 7.83. The van der Waals surface area contributed by atoms with Gasteiger partial charge in [0.1, 0.15) is 30.0 Å². The predicted octanol–water partition coefficient (Wildman–Crippen LogP) is 8.31. The summed E-state index contributed by atoms with van der Waals surface area (Å²) in [5.41, 5.74) is 7.63. The summed E-state index contributed by atoms with van der Waals surface area (Å²) in [6, 6.07) is 13.6. The van der Waals surface area contributed by atoms with Crippen molar-refractivity contribution in [1.29, 1.82) is 0 Å². The zero-order valence-corrected chi connectivity index (χ0v) is 21.6. The first-order chi connectivity index (χ1) is 36.3. The van der Waals surface area contributed by atoms with Gasteiger partial charge in [0.25, 0.3) is 5.56 Å². The second-order valence-electron chi connectivity index (χ2n) is 7.83. The van der Waals surface area contributed by atoms with Crippen molar-refractivity contribution in [3.05, 3.63) is 94.9 Å². The SMILES string of the molecule is C1CCOC1.Cc1cc(=O)[nH]cn1.Cc1cc(N)ncn1.Cc1cc(NC(=O)Oc2ccccc2)ncn1.[2HH].[2H][2H].[2H][2H].[2H][2H].[2H][2H].[2H][2H].[2H][2H].[2H][2H].[2H][2H].[2H][2H].[2H][2H].[2H][2H].[2H][2H].[2H][2H].[2H][2H].[2H][2H].[2H][2H].[2H][2H].[2H][2H]. The molecule has 0 bridgehead atoms. The van der Waals surface area contributed by atoms with Crippen LogP contribution in [0.25, 0.3) is 0 Å². The third-order valence-electron chi connectivity index (χ3n) is 4.45. The predicted molar refractivity (Wildman–Crippen MR) is 184 cm³/mol. The number of carbonyl (C=O) groups excluding carboxylic acids is 1. The lowest BCUT2D eigenvalue weighted by Crippen LogP contribution is -2.17. The number of aryl methyl sites for hydroxylation is 3. The lowest BCUT2D eigenvalue weighted by Gasteiger charge is -2.05. The first kappa shape index (κ1) is 12.7. The van der Waals surface area contributed by atoms with Crippen molar-refractivity contribution in [2.24, 2.45) is 0 Å². The summed E-state index contributed by atoms with van der Waals surface area (Å²) in [4.78, 5) is 43.5. The molecule has 0 unspecified atom stereocenters. The average Bonchev–Trinajstić information content (AvgIpc) is 4.12. The molecule has 0 spiro atoms. The summed E-state index contributed by atoms with van der Waals surface area (Å²) in [5, 5.41) is 2.52. The number of hydrogen-bond acceptors (Lipinski definition) is 10. The summed E-state index contributed by atoms with van der Waals surface area (Å²) in [6.07, 6.45) is 6.20. The van der Waals surface area contributed by atoms with E-state index in [0.717, 1.165) is 30.3 Å². The number of para-hydroxylation sites is 1. The third kappa shape index (κ3) is 13.4. The van der Waals surface area contributed by atoms with Crippen molar-refractivity contribution in [1.82, 2.24) is 29.9 Å². The number of nitrogen functional groups attached to an aromatic ring is 1. The molecule has 12 heteroatoms. The minimum atomic E-state index is -0.575. The largest absolute Gasteiger partial charge is 0.418 e. The molecule has 238 valence electrons. The van der Waals surface area contributed by atoms with Crippen molar-refractivity contribution in [3.8, 4) is 5.75 Å². The molecule has 1 amide bonds. The van der Waals surface area contributed by atoms with Crippen molar-refractivity contribution >= 4 is 17.7 Å². The fourth-order valence-corrected chi connectivity index (χ4v) is 2.70. The Labute approximate surface area is 277 Å². The van der Waals surface area contributed by atoms with Crippen LogP contribution in [0.4, 0.5) is 16.4 Å². The Morgan fingerprint density at radius 1 is 0.947 bits per heavy atom. The number of aromatic amines is 1. The summed E-state index contributed by atoms with van der Waals surface area (Å²) < 4.78 is 190. The maximum absolute atomic E-state index is 11.5. The first-order valence-electron chi connectivity index (χ1n) is 29.8. The van der Waals surface area contributed by atoms with Crippen molar-refractivity contribution in [3.63, 3.8) is 0 Å². The van der Waals surface area contributed by atoms with Crippen LogP contribution in [-0.4, -0.2) is 49.2 Å². The Morgan fingerprint density at radius 2 is 1.58 bits per heavy atom.